The third-order valence-electron chi connectivity index (χ3n) is 3.84. The monoisotopic (exact) mass is 310 g/mol. The Morgan fingerprint density at radius 3 is 2.86 bits per heavy atom. The highest BCUT2D eigenvalue weighted by atomic mass is 16.5. The summed E-state index contributed by atoms with van der Waals surface area (Å²) in [5, 5.41) is 3.93. The minimum Gasteiger partial charge on any atom is -0.384 e. The molecule has 0 spiro atoms. The third kappa shape index (κ3) is 4.27. The Labute approximate surface area is 131 Å². The number of hydrogen-bond donors (Lipinski definition) is 0. The summed E-state index contributed by atoms with van der Waals surface area (Å²) in [7, 11) is 1.64. The fraction of sp³-hybridized carbons (Fsp3) is 0.800. The molecular formula is C15H26N4O3. The second kappa shape index (κ2) is 7.69. The number of hydrogen-bond acceptors (Lipinski definition) is 6. The molecule has 1 aromatic heterocycles. The predicted octanol–water partition coefficient (Wildman–Crippen LogP) is 0.947. The smallest absolute Gasteiger partial charge is 0.240 e. The van der Waals surface area contributed by atoms with Crippen molar-refractivity contribution in [1.82, 2.24) is 19.9 Å². The quantitative estimate of drug-likeness (QED) is 0.746. The number of aromatic nitrogens is 2. The molecule has 124 valence electrons. The van der Waals surface area contributed by atoms with E-state index in [0.29, 0.717) is 37.2 Å². The third-order valence-corrected chi connectivity index (χ3v) is 3.84. The van der Waals surface area contributed by atoms with E-state index >= 15 is 0 Å². The second-order valence-corrected chi connectivity index (χ2v) is 6.17. The van der Waals surface area contributed by atoms with Gasteiger partial charge in [-0.1, -0.05) is 19.0 Å². The Hall–Kier alpha value is -1.47. The maximum absolute atomic E-state index is 12.4. The Kier molecular flexibility index (Phi) is 5.90. The summed E-state index contributed by atoms with van der Waals surface area (Å²) in [4.78, 5) is 20.8. The highest BCUT2D eigenvalue weighted by molar-refractivity contribution is 5.82. The molecule has 7 heteroatoms. The topological polar surface area (TPSA) is 71.7 Å². The highest BCUT2D eigenvalue weighted by Gasteiger charge is 2.32. The van der Waals surface area contributed by atoms with Gasteiger partial charge in [-0.15, -0.1) is 0 Å². The van der Waals surface area contributed by atoms with Crippen LogP contribution in [0.15, 0.2) is 4.52 Å². The van der Waals surface area contributed by atoms with Gasteiger partial charge in [-0.25, -0.2) is 0 Å². The maximum Gasteiger partial charge on any atom is 0.240 e. The van der Waals surface area contributed by atoms with Gasteiger partial charge in [-0.05, 0) is 12.8 Å². The van der Waals surface area contributed by atoms with E-state index in [0.717, 1.165) is 19.6 Å². The van der Waals surface area contributed by atoms with Gasteiger partial charge in [0, 0.05) is 33.2 Å². The van der Waals surface area contributed by atoms with Crippen molar-refractivity contribution < 1.29 is 14.1 Å². The van der Waals surface area contributed by atoms with Crippen LogP contribution in [0.5, 0.6) is 0 Å². The predicted molar refractivity (Wildman–Crippen MR) is 81.2 cm³/mol. The Balaban J connectivity index is 1.91. The fourth-order valence-corrected chi connectivity index (χ4v) is 2.63. The van der Waals surface area contributed by atoms with Crippen LogP contribution in [0.1, 0.15) is 32.5 Å². The Morgan fingerprint density at radius 2 is 2.18 bits per heavy atom. The van der Waals surface area contributed by atoms with E-state index in [2.05, 4.69) is 28.9 Å². The van der Waals surface area contributed by atoms with E-state index in [1.54, 1.807) is 7.11 Å². The SMILES string of the molecule is COCCc1noc(CN2CCN(CC(C)C)C(=O)[C@H]2C)n1. The molecule has 0 saturated carbocycles. The van der Waals surface area contributed by atoms with E-state index in [9.17, 15) is 4.79 Å². The van der Waals surface area contributed by atoms with Gasteiger partial charge in [-0.3, -0.25) is 9.69 Å². The van der Waals surface area contributed by atoms with Crippen LogP contribution in [0.2, 0.25) is 0 Å². The fourth-order valence-electron chi connectivity index (χ4n) is 2.63. The van der Waals surface area contributed by atoms with Crippen LogP contribution in [0.25, 0.3) is 0 Å². The summed E-state index contributed by atoms with van der Waals surface area (Å²) in [5.74, 6) is 1.87. The lowest BCUT2D eigenvalue weighted by Crippen LogP contribution is -2.56. The summed E-state index contributed by atoms with van der Waals surface area (Å²) in [6.07, 6.45) is 0.636. The molecule has 1 aromatic rings. The van der Waals surface area contributed by atoms with Crippen LogP contribution in [-0.2, 0) is 22.5 Å². The molecule has 1 aliphatic rings. The first-order valence-corrected chi connectivity index (χ1v) is 7.84. The van der Waals surface area contributed by atoms with Crippen molar-refractivity contribution in [3.8, 4) is 0 Å². The molecule has 1 atom stereocenters. The average Bonchev–Trinajstić information content (AvgIpc) is 2.92. The van der Waals surface area contributed by atoms with Crippen molar-refractivity contribution in [1.29, 1.82) is 0 Å². The normalized spacial score (nSPS) is 20.1. The van der Waals surface area contributed by atoms with E-state index in [-0.39, 0.29) is 11.9 Å². The van der Waals surface area contributed by atoms with Gasteiger partial charge in [0.15, 0.2) is 5.82 Å². The molecule has 1 amide bonds. The lowest BCUT2D eigenvalue weighted by molar-refractivity contribution is -0.142. The highest BCUT2D eigenvalue weighted by Crippen LogP contribution is 2.15. The number of ether oxygens (including phenoxy) is 1. The Bertz CT molecular complexity index is 489. The largest absolute Gasteiger partial charge is 0.384 e. The summed E-state index contributed by atoms with van der Waals surface area (Å²) < 4.78 is 10.3. The lowest BCUT2D eigenvalue weighted by atomic mass is 10.1. The molecule has 2 heterocycles. The number of rotatable bonds is 7. The Morgan fingerprint density at radius 1 is 1.41 bits per heavy atom. The first-order chi connectivity index (χ1) is 10.5. The molecule has 0 bridgehead atoms. The molecule has 0 radical (unpaired) electrons. The van der Waals surface area contributed by atoms with Gasteiger partial charge < -0.3 is 14.2 Å². The summed E-state index contributed by atoms with van der Waals surface area (Å²) in [6, 6.07) is -0.151. The van der Waals surface area contributed by atoms with Crippen LogP contribution >= 0.6 is 0 Å². The number of amides is 1. The van der Waals surface area contributed by atoms with Crippen LogP contribution in [0, 0.1) is 5.92 Å². The zero-order valence-electron chi connectivity index (χ0n) is 13.9. The molecule has 7 nitrogen and oxygen atoms in total. The number of methoxy groups -OCH3 is 1. The minimum absolute atomic E-state index is 0.151. The molecule has 0 unspecified atom stereocenters. The molecule has 1 aliphatic heterocycles. The number of nitrogens with zero attached hydrogens (tertiary/aromatic N) is 4. The molecule has 0 aromatic carbocycles. The minimum atomic E-state index is -0.151. The molecular weight excluding hydrogens is 284 g/mol. The summed E-state index contributed by atoms with van der Waals surface area (Å²) in [6.45, 7) is 9.69. The second-order valence-electron chi connectivity index (χ2n) is 6.17. The molecule has 0 aliphatic carbocycles. The van der Waals surface area contributed by atoms with Crippen molar-refractivity contribution in [3.63, 3.8) is 0 Å². The summed E-state index contributed by atoms with van der Waals surface area (Å²) >= 11 is 0. The van der Waals surface area contributed by atoms with Crippen LogP contribution < -0.4 is 0 Å². The van der Waals surface area contributed by atoms with E-state index in [4.69, 9.17) is 9.26 Å². The average molecular weight is 310 g/mol. The van der Waals surface area contributed by atoms with Crippen molar-refractivity contribution in [2.45, 2.75) is 39.8 Å². The van der Waals surface area contributed by atoms with Crippen molar-refractivity contribution in [2.75, 3.05) is 33.4 Å². The number of carbonyl (C=O) groups is 1. The van der Waals surface area contributed by atoms with Gasteiger partial charge in [-0.2, -0.15) is 4.98 Å². The zero-order valence-corrected chi connectivity index (χ0v) is 13.9. The lowest BCUT2D eigenvalue weighted by Gasteiger charge is -2.39. The van der Waals surface area contributed by atoms with Gasteiger partial charge in [0.1, 0.15) is 0 Å². The van der Waals surface area contributed by atoms with Crippen molar-refractivity contribution >= 4 is 5.91 Å². The first-order valence-electron chi connectivity index (χ1n) is 7.84. The number of carbonyl (C=O) groups excluding carboxylic acids is 1. The standard InChI is InChI=1S/C15H26N4O3/c1-11(2)9-19-7-6-18(12(3)15(19)20)10-14-16-13(17-22-14)5-8-21-4/h11-12H,5-10H2,1-4H3/t12-/m1/s1. The zero-order chi connectivity index (χ0) is 16.1. The molecule has 22 heavy (non-hydrogen) atoms. The molecule has 0 N–H and O–H groups in total. The number of piperazine rings is 1. The van der Waals surface area contributed by atoms with Gasteiger partial charge in [0.05, 0.1) is 19.2 Å². The van der Waals surface area contributed by atoms with E-state index < -0.39 is 0 Å². The van der Waals surface area contributed by atoms with Crippen molar-refractivity contribution in [3.05, 3.63) is 11.7 Å². The van der Waals surface area contributed by atoms with Crippen LogP contribution in [0.4, 0.5) is 0 Å². The molecule has 2 rings (SSSR count). The molecule has 1 fully saturated rings. The van der Waals surface area contributed by atoms with Gasteiger partial charge >= 0.3 is 0 Å². The molecule has 1 saturated heterocycles. The summed E-state index contributed by atoms with van der Waals surface area (Å²) in [5.41, 5.74) is 0. The van der Waals surface area contributed by atoms with Crippen LogP contribution in [0.3, 0.4) is 0 Å². The van der Waals surface area contributed by atoms with Crippen molar-refractivity contribution in [2.24, 2.45) is 5.92 Å². The van der Waals surface area contributed by atoms with Gasteiger partial charge in [0.25, 0.3) is 0 Å². The van der Waals surface area contributed by atoms with Gasteiger partial charge in [0.2, 0.25) is 11.8 Å². The van der Waals surface area contributed by atoms with E-state index in [1.165, 1.54) is 0 Å². The maximum atomic E-state index is 12.4. The van der Waals surface area contributed by atoms with E-state index in [1.807, 2.05) is 11.8 Å². The first kappa shape index (κ1) is 16.9. The van der Waals surface area contributed by atoms with Crippen LogP contribution in [-0.4, -0.2) is 65.2 Å².